The molecule has 1 fully saturated rings. The van der Waals surface area contributed by atoms with Gasteiger partial charge in [-0.3, -0.25) is 0 Å². The zero-order valence-electron chi connectivity index (χ0n) is 16.6. The number of rotatable bonds is 6. The number of hydrogen-bond donors (Lipinski definition) is 0. The summed E-state index contributed by atoms with van der Waals surface area (Å²) in [6.45, 7) is 6.36. The monoisotopic (exact) mass is 407 g/mol. The predicted molar refractivity (Wildman–Crippen MR) is 118 cm³/mol. The van der Waals surface area contributed by atoms with Crippen LogP contribution in [0.2, 0.25) is 0 Å². The van der Waals surface area contributed by atoms with Crippen molar-refractivity contribution in [1.82, 2.24) is 24.4 Å². The van der Waals surface area contributed by atoms with Gasteiger partial charge in [-0.25, -0.2) is 9.50 Å². The third-order valence-electron chi connectivity index (χ3n) is 5.48. The Kier molecular flexibility index (Phi) is 5.18. The lowest BCUT2D eigenvalue weighted by atomic mass is 10.2. The Balaban J connectivity index is 1.27. The molecular weight excluding hydrogens is 382 g/mol. The van der Waals surface area contributed by atoms with Crippen LogP contribution in [0, 0.1) is 0 Å². The van der Waals surface area contributed by atoms with Crippen molar-refractivity contribution in [2.75, 3.05) is 46.4 Å². The van der Waals surface area contributed by atoms with Crippen molar-refractivity contribution in [3.63, 3.8) is 0 Å². The van der Waals surface area contributed by atoms with Crippen molar-refractivity contribution in [1.29, 1.82) is 0 Å². The average Bonchev–Trinajstić information content (AvgIpc) is 3.36. The number of likely N-dealkylation sites (N-methyl/N-ethyl adjacent to an activating group) is 1. The first-order valence-electron chi connectivity index (χ1n) is 10.1. The smallest absolute Gasteiger partial charge is 0.231 e. The molecule has 150 valence electrons. The quantitative estimate of drug-likeness (QED) is 0.457. The van der Waals surface area contributed by atoms with Crippen molar-refractivity contribution in [2.45, 2.75) is 6.42 Å². The van der Waals surface area contributed by atoms with E-state index in [0.29, 0.717) is 12.5 Å². The first-order valence-corrected chi connectivity index (χ1v) is 11.0. The van der Waals surface area contributed by atoms with Crippen molar-refractivity contribution >= 4 is 27.1 Å². The van der Waals surface area contributed by atoms with Crippen LogP contribution in [0.5, 0.6) is 5.88 Å². The highest BCUT2D eigenvalue weighted by atomic mass is 32.1. The fourth-order valence-corrected chi connectivity index (χ4v) is 4.80. The van der Waals surface area contributed by atoms with Gasteiger partial charge in [-0.1, -0.05) is 18.2 Å². The molecule has 1 aliphatic heterocycles. The summed E-state index contributed by atoms with van der Waals surface area (Å²) in [6, 6.07) is 14.5. The molecule has 29 heavy (non-hydrogen) atoms. The minimum absolute atomic E-state index is 0.649. The van der Waals surface area contributed by atoms with Crippen LogP contribution in [-0.4, -0.2) is 70.8 Å². The van der Waals surface area contributed by atoms with Gasteiger partial charge in [0, 0.05) is 43.5 Å². The summed E-state index contributed by atoms with van der Waals surface area (Å²) < 4.78 is 9.11. The van der Waals surface area contributed by atoms with Crippen LogP contribution in [0.25, 0.3) is 26.3 Å². The normalized spacial score (nSPS) is 16.0. The first-order chi connectivity index (χ1) is 14.3. The summed E-state index contributed by atoms with van der Waals surface area (Å²) >= 11 is 1.76. The van der Waals surface area contributed by atoms with Crippen LogP contribution in [0.15, 0.2) is 48.7 Å². The number of fused-ring (bicyclic) bond motifs is 2. The largest absolute Gasteiger partial charge is 0.477 e. The fraction of sp³-hybridized carbons (Fsp3) is 0.364. The van der Waals surface area contributed by atoms with Crippen LogP contribution >= 0.6 is 11.3 Å². The van der Waals surface area contributed by atoms with Crippen LogP contribution in [0.1, 0.15) is 6.42 Å². The van der Waals surface area contributed by atoms with Crippen molar-refractivity contribution < 1.29 is 4.74 Å². The van der Waals surface area contributed by atoms with Gasteiger partial charge in [-0.05, 0) is 37.1 Å². The average molecular weight is 408 g/mol. The van der Waals surface area contributed by atoms with Crippen LogP contribution < -0.4 is 4.74 Å². The summed E-state index contributed by atoms with van der Waals surface area (Å²) in [4.78, 5) is 10.6. The molecule has 0 N–H and O–H groups in total. The molecule has 0 radical (unpaired) electrons. The summed E-state index contributed by atoms with van der Waals surface area (Å²) in [6.07, 6.45) is 2.90. The van der Waals surface area contributed by atoms with Gasteiger partial charge < -0.3 is 14.5 Å². The van der Waals surface area contributed by atoms with E-state index in [9.17, 15) is 0 Å². The third-order valence-corrected chi connectivity index (χ3v) is 6.62. The summed E-state index contributed by atoms with van der Waals surface area (Å²) in [7, 11) is 2.19. The maximum atomic E-state index is 5.95. The van der Waals surface area contributed by atoms with Gasteiger partial charge in [0.2, 0.25) is 5.88 Å². The van der Waals surface area contributed by atoms with E-state index >= 15 is 0 Å². The Bertz CT molecular complexity index is 1080. The van der Waals surface area contributed by atoms with Gasteiger partial charge in [0.1, 0.15) is 5.69 Å². The van der Waals surface area contributed by atoms with Gasteiger partial charge in [-0.15, -0.1) is 16.4 Å². The van der Waals surface area contributed by atoms with E-state index in [-0.39, 0.29) is 0 Å². The molecule has 7 heteroatoms. The van der Waals surface area contributed by atoms with E-state index in [0.717, 1.165) is 50.5 Å². The van der Waals surface area contributed by atoms with E-state index in [2.05, 4.69) is 52.2 Å². The number of hydrogen-bond acceptors (Lipinski definition) is 6. The zero-order chi connectivity index (χ0) is 19.6. The first kappa shape index (κ1) is 18.5. The van der Waals surface area contributed by atoms with Gasteiger partial charge in [0.05, 0.1) is 17.7 Å². The number of thiophene rings is 1. The van der Waals surface area contributed by atoms with Crippen molar-refractivity contribution in [3.8, 4) is 16.5 Å². The van der Waals surface area contributed by atoms with Gasteiger partial charge in [0.25, 0.3) is 0 Å². The number of nitrogens with zero attached hydrogens (tertiary/aromatic N) is 5. The van der Waals surface area contributed by atoms with E-state index in [4.69, 9.17) is 9.84 Å². The Labute approximate surface area is 174 Å². The minimum atomic E-state index is 0.649. The number of benzene rings is 1. The second-order valence-electron chi connectivity index (χ2n) is 7.58. The molecule has 1 saturated heterocycles. The summed E-state index contributed by atoms with van der Waals surface area (Å²) in [5.74, 6) is 0.649. The Morgan fingerprint density at radius 3 is 2.79 bits per heavy atom. The van der Waals surface area contributed by atoms with E-state index in [1.165, 1.54) is 15.0 Å². The molecule has 3 aromatic heterocycles. The van der Waals surface area contributed by atoms with E-state index in [1.54, 1.807) is 11.3 Å². The van der Waals surface area contributed by atoms with E-state index < -0.39 is 0 Å². The molecule has 1 aliphatic rings. The second-order valence-corrected chi connectivity index (χ2v) is 8.66. The third kappa shape index (κ3) is 3.99. The zero-order valence-corrected chi connectivity index (χ0v) is 17.4. The molecular formula is C22H25N5OS. The molecule has 1 aromatic carbocycles. The molecule has 4 heterocycles. The second kappa shape index (κ2) is 8.10. The molecule has 0 atom stereocenters. The molecule has 5 rings (SSSR count). The Morgan fingerprint density at radius 2 is 1.93 bits per heavy atom. The molecule has 6 nitrogen and oxygen atoms in total. The number of ether oxygens (including phenoxy) is 1. The maximum Gasteiger partial charge on any atom is 0.231 e. The molecule has 0 amide bonds. The van der Waals surface area contributed by atoms with Crippen LogP contribution in [0.3, 0.4) is 0 Å². The number of imidazole rings is 1. The number of aromatic nitrogens is 3. The Hall–Kier alpha value is -2.48. The SMILES string of the molecule is CN1CCN(CCCOc2ccc3ncc(-c4cc5ccccc5s4)n3n2)CC1. The van der Waals surface area contributed by atoms with Crippen molar-refractivity contribution in [3.05, 3.63) is 48.7 Å². The minimum Gasteiger partial charge on any atom is -0.477 e. The lowest BCUT2D eigenvalue weighted by molar-refractivity contribution is 0.145. The van der Waals surface area contributed by atoms with Crippen molar-refractivity contribution in [2.24, 2.45) is 0 Å². The lowest BCUT2D eigenvalue weighted by Gasteiger charge is -2.32. The molecule has 0 aliphatic carbocycles. The van der Waals surface area contributed by atoms with Gasteiger partial charge >= 0.3 is 0 Å². The Morgan fingerprint density at radius 1 is 1.07 bits per heavy atom. The van der Waals surface area contributed by atoms with Gasteiger partial charge in [0.15, 0.2) is 5.65 Å². The fourth-order valence-electron chi connectivity index (χ4n) is 3.75. The summed E-state index contributed by atoms with van der Waals surface area (Å²) in [5, 5.41) is 5.94. The van der Waals surface area contributed by atoms with Crippen LogP contribution in [0.4, 0.5) is 0 Å². The lowest BCUT2D eigenvalue weighted by Crippen LogP contribution is -2.44. The standard InChI is InChI=1S/C22H25N5OS/c1-25-10-12-26(13-11-25)9-4-14-28-22-8-7-21-23-16-18(27(21)24-22)20-15-17-5-2-3-6-19(17)29-20/h2-3,5-8,15-16H,4,9-14H2,1H3. The number of piperazine rings is 1. The highest BCUT2D eigenvalue weighted by Crippen LogP contribution is 2.33. The highest BCUT2D eigenvalue weighted by molar-refractivity contribution is 7.22. The van der Waals surface area contributed by atoms with Crippen LogP contribution in [-0.2, 0) is 0 Å². The molecule has 0 saturated carbocycles. The topological polar surface area (TPSA) is 45.9 Å². The molecule has 0 spiro atoms. The molecule has 0 bridgehead atoms. The molecule has 4 aromatic rings. The highest BCUT2D eigenvalue weighted by Gasteiger charge is 2.14. The predicted octanol–water partition coefficient (Wildman–Crippen LogP) is 3.63. The van der Waals surface area contributed by atoms with Gasteiger partial charge in [-0.2, -0.15) is 0 Å². The van der Waals surface area contributed by atoms with E-state index in [1.807, 2.05) is 22.8 Å². The maximum absolute atomic E-state index is 5.95. The summed E-state index contributed by atoms with van der Waals surface area (Å²) in [5.41, 5.74) is 1.84. The molecule has 0 unspecified atom stereocenters.